The molecule has 6 heteroatoms. The van der Waals surface area contributed by atoms with Crippen molar-refractivity contribution in [1.29, 1.82) is 0 Å². The molecule has 132 valence electrons. The Bertz CT molecular complexity index is 289. The van der Waals surface area contributed by atoms with Gasteiger partial charge in [-0.25, -0.2) is 0 Å². The fourth-order valence-electron chi connectivity index (χ4n) is 2.75. The van der Waals surface area contributed by atoms with E-state index in [0.29, 0.717) is 6.42 Å². The van der Waals surface area contributed by atoms with Crippen LogP contribution in [0.4, 0.5) is 0 Å². The molecule has 0 radical (unpaired) electrons. The summed E-state index contributed by atoms with van der Waals surface area (Å²) in [4.78, 5) is 0. The third kappa shape index (κ3) is 8.41. The second-order valence-corrected chi connectivity index (χ2v) is 6.49. The summed E-state index contributed by atoms with van der Waals surface area (Å²) < 4.78 is 5.32. The van der Waals surface area contributed by atoms with Gasteiger partial charge in [-0.3, -0.25) is 11.1 Å². The average Bonchev–Trinajstić information content (AvgIpc) is 2.45. The van der Waals surface area contributed by atoms with Gasteiger partial charge in [0.05, 0.1) is 12.7 Å². The largest absolute Gasteiger partial charge is 0.390 e. The van der Waals surface area contributed by atoms with Crippen LogP contribution < -0.4 is 11.1 Å². The zero-order valence-corrected chi connectivity index (χ0v) is 13.8. The van der Waals surface area contributed by atoms with Crippen molar-refractivity contribution in [2.75, 3.05) is 6.61 Å². The predicted octanol–water partition coefficient (Wildman–Crippen LogP) is 1.18. The van der Waals surface area contributed by atoms with Crippen molar-refractivity contribution in [2.45, 2.75) is 95.4 Å². The smallest absolute Gasteiger partial charge is 0.171 e. The number of ether oxygens (including phenoxy) is 1. The molecule has 1 heterocycles. The first-order valence-electron chi connectivity index (χ1n) is 8.71. The molecule has 0 aliphatic carbocycles. The van der Waals surface area contributed by atoms with Gasteiger partial charge in [-0.1, -0.05) is 51.9 Å². The molecule has 0 aromatic heterocycles. The molecule has 4 atom stereocenters. The minimum Gasteiger partial charge on any atom is -0.390 e. The van der Waals surface area contributed by atoms with E-state index in [9.17, 15) is 15.3 Å². The number of unbranched alkanes of at least 4 members (excludes halogenated alkanes) is 7. The molecule has 0 saturated carbocycles. The van der Waals surface area contributed by atoms with Crippen LogP contribution in [0.25, 0.3) is 0 Å². The van der Waals surface area contributed by atoms with Gasteiger partial charge in [0.2, 0.25) is 0 Å². The summed E-state index contributed by atoms with van der Waals surface area (Å²) in [5, 5.41) is 31.9. The van der Waals surface area contributed by atoms with Gasteiger partial charge in [0.25, 0.3) is 0 Å². The van der Waals surface area contributed by atoms with E-state index in [0.717, 1.165) is 12.8 Å². The quantitative estimate of drug-likeness (QED) is 0.289. The third-order valence-corrected chi connectivity index (χ3v) is 4.19. The van der Waals surface area contributed by atoms with Gasteiger partial charge in [-0.15, -0.1) is 0 Å². The van der Waals surface area contributed by atoms with E-state index in [1.807, 2.05) is 0 Å². The first-order valence-corrected chi connectivity index (χ1v) is 8.71. The van der Waals surface area contributed by atoms with Crippen molar-refractivity contribution in [1.82, 2.24) is 5.32 Å². The highest BCUT2D eigenvalue weighted by atomic mass is 16.5. The maximum absolute atomic E-state index is 10.1. The number of hydrogen-bond acceptors (Lipinski definition) is 6. The maximum Gasteiger partial charge on any atom is 0.171 e. The lowest BCUT2D eigenvalue weighted by atomic mass is 10.0. The first kappa shape index (κ1) is 19.8. The topological polar surface area (TPSA) is 108 Å². The number of aliphatic hydroxyl groups excluding tert-OH is 2. The summed E-state index contributed by atoms with van der Waals surface area (Å²) in [5.74, 6) is -1.49. The summed E-state index contributed by atoms with van der Waals surface area (Å²) >= 11 is 0. The summed E-state index contributed by atoms with van der Waals surface area (Å²) in [7, 11) is 0. The van der Waals surface area contributed by atoms with Crippen molar-refractivity contribution in [2.24, 2.45) is 5.73 Å². The Morgan fingerprint density at radius 3 is 2.23 bits per heavy atom. The van der Waals surface area contributed by atoms with E-state index in [2.05, 4.69) is 12.2 Å². The number of nitrogens with two attached hydrogens (primary N) is 1. The number of rotatable bonds is 11. The molecule has 0 aromatic carbocycles. The van der Waals surface area contributed by atoms with E-state index in [4.69, 9.17) is 10.5 Å². The van der Waals surface area contributed by atoms with Crippen LogP contribution >= 0.6 is 0 Å². The Hall–Kier alpha value is -0.240. The van der Waals surface area contributed by atoms with Gasteiger partial charge in [0.15, 0.2) is 5.85 Å². The molecule has 6 N–H and O–H groups in total. The third-order valence-electron chi connectivity index (χ3n) is 4.19. The van der Waals surface area contributed by atoms with Gasteiger partial charge < -0.3 is 20.1 Å². The van der Waals surface area contributed by atoms with Crippen molar-refractivity contribution in [3.8, 4) is 0 Å². The van der Waals surface area contributed by atoms with E-state index in [1.54, 1.807) is 0 Å². The number of hydrogen-bond donors (Lipinski definition) is 5. The Labute approximate surface area is 134 Å². The van der Waals surface area contributed by atoms with Gasteiger partial charge in [0, 0.05) is 12.8 Å². The zero-order chi connectivity index (χ0) is 16.4. The first-order chi connectivity index (χ1) is 10.4. The van der Waals surface area contributed by atoms with Crippen molar-refractivity contribution >= 4 is 0 Å². The summed E-state index contributed by atoms with van der Waals surface area (Å²) in [5.41, 5.74) is 5.83. The fourth-order valence-corrected chi connectivity index (χ4v) is 2.75. The van der Waals surface area contributed by atoms with E-state index < -0.39 is 24.3 Å². The zero-order valence-electron chi connectivity index (χ0n) is 13.8. The summed E-state index contributed by atoms with van der Waals surface area (Å²) in [6.45, 7) is 2.26. The molecule has 0 amide bonds. The van der Waals surface area contributed by atoms with Crippen LogP contribution in [0.2, 0.25) is 0 Å². The Morgan fingerprint density at radius 2 is 1.64 bits per heavy atom. The van der Waals surface area contributed by atoms with Gasteiger partial charge in [0.1, 0.15) is 12.3 Å². The molecule has 1 aliphatic heterocycles. The van der Waals surface area contributed by atoms with E-state index in [1.165, 1.54) is 38.5 Å². The Balaban J connectivity index is 2.08. The second kappa shape index (κ2) is 10.5. The molecule has 0 bridgehead atoms. The van der Waals surface area contributed by atoms with Crippen LogP contribution in [0.5, 0.6) is 0 Å². The highest BCUT2D eigenvalue weighted by molar-refractivity contribution is 4.80. The lowest BCUT2D eigenvalue weighted by Crippen LogP contribution is -2.60. The molecular weight excluding hydrogens is 284 g/mol. The van der Waals surface area contributed by atoms with E-state index in [-0.39, 0.29) is 13.0 Å². The maximum atomic E-state index is 10.1. The molecule has 1 saturated heterocycles. The molecule has 1 rings (SSSR count). The number of nitrogens with one attached hydrogen (secondary N) is 1. The van der Waals surface area contributed by atoms with Crippen molar-refractivity contribution in [3.63, 3.8) is 0 Å². The lowest BCUT2D eigenvalue weighted by Gasteiger charge is -2.35. The highest BCUT2D eigenvalue weighted by Crippen LogP contribution is 2.17. The van der Waals surface area contributed by atoms with Gasteiger partial charge in [-0.2, -0.15) is 0 Å². The van der Waals surface area contributed by atoms with E-state index >= 15 is 0 Å². The van der Waals surface area contributed by atoms with Crippen LogP contribution in [0.1, 0.15) is 71.1 Å². The average molecular weight is 318 g/mol. The Morgan fingerprint density at radius 1 is 1.05 bits per heavy atom. The predicted molar refractivity (Wildman–Crippen MR) is 85.9 cm³/mol. The molecule has 4 unspecified atom stereocenters. The molecule has 0 spiro atoms. The fraction of sp³-hybridized carbons (Fsp3) is 1.00. The Kier molecular flexibility index (Phi) is 9.47. The van der Waals surface area contributed by atoms with Crippen LogP contribution in [-0.2, 0) is 4.74 Å². The molecule has 0 aromatic rings. The minimum atomic E-state index is -1.49. The number of aliphatic hydroxyl groups is 3. The van der Waals surface area contributed by atoms with Gasteiger partial charge >= 0.3 is 0 Å². The molecule has 1 fully saturated rings. The monoisotopic (exact) mass is 318 g/mol. The van der Waals surface area contributed by atoms with Crippen LogP contribution in [-0.4, -0.2) is 46.2 Å². The molecular formula is C16H34N2O4. The second-order valence-electron chi connectivity index (χ2n) is 6.49. The summed E-state index contributed by atoms with van der Waals surface area (Å²) in [6.07, 6.45) is 7.93. The van der Waals surface area contributed by atoms with Crippen LogP contribution in [0.3, 0.4) is 0 Å². The molecule has 22 heavy (non-hydrogen) atoms. The van der Waals surface area contributed by atoms with Crippen molar-refractivity contribution < 1.29 is 20.1 Å². The lowest BCUT2D eigenvalue weighted by molar-refractivity contribution is -0.156. The highest BCUT2D eigenvalue weighted by Gasteiger charge is 2.32. The van der Waals surface area contributed by atoms with Gasteiger partial charge in [-0.05, 0) is 6.42 Å². The molecule has 1 aliphatic rings. The molecule has 6 nitrogen and oxygen atoms in total. The normalized spacial score (nSPS) is 28.5. The standard InChI is InChI=1S/C16H34N2O4/c1-2-3-4-5-6-7-8-9-10-16(17,21)18-15-11-13(19)14(20)12-22-15/h13-15,18-21H,2-12,17H2,1H3. The van der Waals surface area contributed by atoms with Crippen molar-refractivity contribution in [3.05, 3.63) is 0 Å². The van der Waals surface area contributed by atoms with Crippen LogP contribution in [0, 0.1) is 0 Å². The van der Waals surface area contributed by atoms with Crippen LogP contribution in [0.15, 0.2) is 0 Å². The summed E-state index contributed by atoms with van der Waals surface area (Å²) in [6, 6.07) is 0. The SMILES string of the molecule is CCCCCCCCCCC(N)(O)NC1CC(O)C(O)CO1. The minimum absolute atomic E-state index is 0.0483.